The van der Waals surface area contributed by atoms with E-state index in [2.05, 4.69) is 20.3 Å². The van der Waals surface area contributed by atoms with Crippen LogP contribution in [0.25, 0.3) is 22.6 Å². The molecule has 0 N–H and O–H groups in total. The molecule has 11 heteroatoms. The molecule has 4 aromatic rings. The third-order valence-electron chi connectivity index (χ3n) is 5.05. The van der Waals surface area contributed by atoms with Crippen LogP contribution in [0.5, 0.6) is 28.7 Å². The molecular formula is C24H24N4O6S. The quantitative estimate of drug-likeness (QED) is 0.289. The fourth-order valence-corrected chi connectivity index (χ4v) is 3.97. The van der Waals surface area contributed by atoms with Crippen LogP contribution in [0.2, 0.25) is 0 Å². The standard InChI is InChI=1S/C24H24N4O6S/c1-29-17-8-6-14(10-18(17)30-2)16-7-9-22(27-26-16)35-13-21-25-24(28-34-21)15-11-19(31-3)23(33-5)20(12-15)32-4/h6-12H,13H2,1-5H3. The van der Waals surface area contributed by atoms with Crippen LogP contribution in [0, 0.1) is 0 Å². The predicted molar refractivity (Wildman–Crippen MR) is 130 cm³/mol. The topological polar surface area (TPSA) is 111 Å². The number of aromatic nitrogens is 4. The first kappa shape index (κ1) is 24.1. The molecule has 2 heterocycles. The number of methoxy groups -OCH3 is 5. The molecule has 0 spiro atoms. The van der Waals surface area contributed by atoms with E-state index in [9.17, 15) is 0 Å². The van der Waals surface area contributed by atoms with Gasteiger partial charge in [-0.25, -0.2) is 0 Å². The Morgan fingerprint density at radius 2 is 1.40 bits per heavy atom. The number of rotatable bonds is 10. The van der Waals surface area contributed by atoms with E-state index in [-0.39, 0.29) is 0 Å². The van der Waals surface area contributed by atoms with Crippen molar-refractivity contribution in [1.82, 2.24) is 20.3 Å². The summed E-state index contributed by atoms with van der Waals surface area (Å²) in [5, 5.41) is 13.4. The zero-order chi connectivity index (χ0) is 24.8. The number of ether oxygens (including phenoxy) is 5. The van der Waals surface area contributed by atoms with Crippen molar-refractivity contribution in [2.75, 3.05) is 35.5 Å². The van der Waals surface area contributed by atoms with Crippen molar-refractivity contribution in [2.24, 2.45) is 0 Å². The summed E-state index contributed by atoms with van der Waals surface area (Å²) in [6.07, 6.45) is 0. The summed E-state index contributed by atoms with van der Waals surface area (Å²) in [5.41, 5.74) is 2.27. The highest BCUT2D eigenvalue weighted by Gasteiger charge is 2.17. The van der Waals surface area contributed by atoms with Crippen LogP contribution in [0.4, 0.5) is 0 Å². The Bertz CT molecular complexity index is 1270. The van der Waals surface area contributed by atoms with Crippen LogP contribution in [-0.4, -0.2) is 55.9 Å². The van der Waals surface area contributed by atoms with Gasteiger partial charge in [0.25, 0.3) is 0 Å². The lowest BCUT2D eigenvalue weighted by molar-refractivity contribution is 0.324. The Morgan fingerprint density at radius 3 is 2.00 bits per heavy atom. The molecule has 0 bridgehead atoms. The molecule has 0 saturated heterocycles. The third-order valence-corrected chi connectivity index (χ3v) is 5.96. The first-order chi connectivity index (χ1) is 17.1. The van der Waals surface area contributed by atoms with Crippen LogP contribution >= 0.6 is 11.8 Å². The molecule has 0 radical (unpaired) electrons. The van der Waals surface area contributed by atoms with Gasteiger partial charge in [0.1, 0.15) is 5.03 Å². The van der Waals surface area contributed by atoms with E-state index >= 15 is 0 Å². The molecule has 2 aromatic carbocycles. The van der Waals surface area contributed by atoms with Crippen molar-refractivity contribution in [3.63, 3.8) is 0 Å². The Hall–Kier alpha value is -3.99. The SMILES string of the molecule is COc1ccc(-c2ccc(SCc3nc(-c4cc(OC)c(OC)c(OC)c4)no3)nn2)cc1OC. The van der Waals surface area contributed by atoms with Gasteiger partial charge in [-0.2, -0.15) is 4.98 Å². The van der Waals surface area contributed by atoms with Gasteiger partial charge in [0, 0.05) is 11.1 Å². The lowest BCUT2D eigenvalue weighted by Crippen LogP contribution is -1.96. The van der Waals surface area contributed by atoms with Gasteiger partial charge in [-0.3, -0.25) is 0 Å². The van der Waals surface area contributed by atoms with Crippen molar-refractivity contribution in [3.8, 4) is 51.4 Å². The molecule has 0 aliphatic rings. The first-order valence-corrected chi connectivity index (χ1v) is 11.4. The van der Waals surface area contributed by atoms with E-state index in [1.54, 1.807) is 47.7 Å². The molecule has 0 amide bonds. The van der Waals surface area contributed by atoms with E-state index in [0.29, 0.717) is 51.8 Å². The Balaban J connectivity index is 1.45. The Kier molecular flexibility index (Phi) is 7.56. The van der Waals surface area contributed by atoms with E-state index in [1.807, 2.05) is 30.3 Å². The summed E-state index contributed by atoms with van der Waals surface area (Å²) in [5.74, 6) is 4.08. The molecule has 35 heavy (non-hydrogen) atoms. The minimum atomic E-state index is 0.412. The molecule has 0 aliphatic heterocycles. The van der Waals surface area contributed by atoms with Crippen molar-refractivity contribution >= 4 is 11.8 Å². The summed E-state index contributed by atoms with van der Waals surface area (Å²) < 4.78 is 32.2. The van der Waals surface area contributed by atoms with E-state index in [1.165, 1.54) is 11.8 Å². The highest BCUT2D eigenvalue weighted by Crippen LogP contribution is 2.40. The molecular weight excluding hydrogens is 472 g/mol. The highest BCUT2D eigenvalue weighted by molar-refractivity contribution is 7.98. The summed E-state index contributed by atoms with van der Waals surface area (Å²) in [6.45, 7) is 0. The van der Waals surface area contributed by atoms with Gasteiger partial charge < -0.3 is 28.2 Å². The van der Waals surface area contributed by atoms with Gasteiger partial charge >= 0.3 is 0 Å². The molecule has 0 unspecified atom stereocenters. The summed E-state index contributed by atoms with van der Waals surface area (Å²) in [7, 11) is 7.85. The molecule has 4 rings (SSSR count). The normalized spacial score (nSPS) is 10.7. The molecule has 182 valence electrons. The maximum atomic E-state index is 5.42. The van der Waals surface area contributed by atoms with Crippen molar-refractivity contribution < 1.29 is 28.2 Å². The van der Waals surface area contributed by atoms with Crippen LogP contribution < -0.4 is 23.7 Å². The molecule has 0 saturated carbocycles. The Labute approximate surface area is 206 Å². The van der Waals surface area contributed by atoms with E-state index in [0.717, 1.165) is 16.3 Å². The summed E-state index contributed by atoms with van der Waals surface area (Å²) >= 11 is 1.44. The van der Waals surface area contributed by atoms with Gasteiger partial charge in [0.15, 0.2) is 23.0 Å². The minimum absolute atomic E-state index is 0.412. The van der Waals surface area contributed by atoms with E-state index < -0.39 is 0 Å². The predicted octanol–water partition coefficient (Wildman–Crippen LogP) is 4.53. The zero-order valence-corrected chi connectivity index (χ0v) is 20.7. The van der Waals surface area contributed by atoms with Crippen molar-refractivity contribution in [3.05, 3.63) is 48.4 Å². The van der Waals surface area contributed by atoms with Gasteiger partial charge in [-0.15, -0.1) is 10.2 Å². The zero-order valence-electron chi connectivity index (χ0n) is 19.9. The van der Waals surface area contributed by atoms with Crippen LogP contribution in [0.1, 0.15) is 5.89 Å². The third kappa shape index (κ3) is 5.24. The average molecular weight is 497 g/mol. The van der Waals surface area contributed by atoms with Gasteiger partial charge in [0.05, 0.1) is 47.0 Å². The number of thioether (sulfide) groups is 1. The number of hydrogen-bond donors (Lipinski definition) is 0. The lowest BCUT2D eigenvalue weighted by Gasteiger charge is -2.12. The largest absolute Gasteiger partial charge is 0.493 e. The number of benzene rings is 2. The second kappa shape index (κ2) is 11.0. The van der Waals surface area contributed by atoms with Gasteiger partial charge in [-0.1, -0.05) is 16.9 Å². The van der Waals surface area contributed by atoms with Crippen LogP contribution in [0.3, 0.4) is 0 Å². The Morgan fingerprint density at radius 1 is 0.714 bits per heavy atom. The number of hydrogen-bond acceptors (Lipinski definition) is 11. The average Bonchev–Trinajstić information content (AvgIpc) is 3.40. The smallest absolute Gasteiger partial charge is 0.237 e. The lowest BCUT2D eigenvalue weighted by atomic mass is 10.1. The van der Waals surface area contributed by atoms with E-state index in [4.69, 9.17) is 28.2 Å². The van der Waals surface area contributed by atoms with Gasteiger partial charge in [-0.05, 0) is 42.5 Å². The molecule has 10 nitrogen and oxygen atoms in total. The van der Waals surface area contributed by atoms with Gasteiger partial charge in [0.2, 0.25) is 17.5 Å². The van der Waals surface area contributed by atoms with Crippen molar-refractivity contribution in [1.29, 1.82) is 0 Å². The summed E-state index contributed by atoms with van der Waals surface area (Å²) in [6, 6.07) is 12.9. The number of nitrogens with zero attached hydrogens (tertiary/aromatic N) is 4. The second-order valence-electron chi connectivity index (χ2n) is 7.04. The molecule has 2 aromatic heterocycles. The minimum Gasteiger partial charge on any atom is -0.493 e. The fraction of sp³-hybridized carbons (Fsp3) is 0.250. The van der Waals surface area contributed by atoms with Crippen molar-refractivity contribution in [2.45, 2.75) is 10.8 Å². The first-order valence-electron chi connectivity index (χ1n) is 10.4. The maximum Gasteiger partial charge on any atom is 0.237 e. The second-order valence-corrected chi connectivity index (χ2v) is 8.04. The fourth-order valence-electron chi connectivity index (χ4n) is 3.32. The van der Waals surface area contributed by atoms with Crippen LogP contribution in [0.15, 0.2) is 52.0 Å². The maximum absolute atomic E-state index is 5.42. The molecule has 0 aliphatic carbocycles. The summed E-state index contributed by atoms with van der Waals surface area (Å²) in [4.78, 5) is 4.48. The molecule has 0 fully saturated rings. The van der Waals surface area contributed by atoms with Crippen LogP contribution in [-0.2, 0) is 5.75 Å². The monoisotopic (exact) mass is 496 g/mol. The molecule has 0 atom stereocenters. The highest BCUT2D eigenvalue weighted by atomic mass is 32.2.